The van der Waals surface area contributed by atoms with Crippen molar-refractivity contribution < 1.29 is 5.11 Å². The predicted octanol–water partition coefficient (Wildman–Crippen LogP) is 1.33. The monoisotopic (exact) mass is 215 g/mol. The summed E-state index contributed by atoms with van der Waals surface area (Å²) in [6, 6.07) is 5.36. The van der Waals surface area contributed by atoms with Crippen molar-refractivity contribution in [3.05, 3.63) is 54.1 Å². The Labute approximate surface area is 93.8 Å². The molecule has 0 fully saturated rings. The van der Waals surface area contributed by atoms with Gasteiger partial charge >= 0.3 is 0 Å². The van der Waals surface area contributed by atoms with Gasteiger partial charge in [-0.2, -0.15) is 0 Å². The van der Waals surface area contributed by atoms with E-state index in [0.29, 0.717) is 12.1 Å². The number of nitrogens with zero attached hydrogens (tertiary/aromatic N) is 2. The average molecular weight is 215 g/mol. The van der Waals surface area contributed by atoms with Gasteiger partial charge in [-0.3, -0.25) is 9.97 Å². The van der Waals surface area contributed by atoms with Crippen LogP contribution in [0.15, 0.2) is 43.0 Å². The molecule has 82 valence electrons. The SMILES string of the molecule is Nc1ccncc1CC(O)c1cccnc1. The quantitative estimate of drug-likeness (QED) is 0.810. The van der Waals surface area contributed by atoms with E-state index >= 15 is 0 Å². The first-order chi connectivity index (χ1) is 7.77. The molecule has 0 spiro atoms. The Hall–Kier alpha value is -1.94. The summed E-state index contributed by atoms with van der Waals surface area (Å²) in [5.74, 6) is 0. The first kappa shape index (κ1) is 10.6. The number of pyridine rings is 2. The van der Waals surface area contributed by atoms with Gasteiger partial charge in [-0.25, -0.2) is 0 Å². The van der Waals surface area contributed by atoms with Crippen LogP contribution >= 0.6 is 0 Å². The standard InChI is InChI=1S/C12H13N3O/c13-11-3-5-15-8-10(11)6-12(16)9-2-1-4-14-7-9/h1-5,7-8,12,16H,6H2,(H2,13,15). The maximum Gasteiger partial charge on any atom is 0.0846 e. The van der Waals surface area contributed by atoms with Crippen LogP contribution in [-0.2, 0) is 6.42 Å². The maximum absolute atomic E-state index is 9.98. The lowest BCUT2D eigenvalue weighted by atomic mass is 10.0. The minimum Gasteiger partial charge on any atom is -0.398 e. The van der Waals surface area contributed by atoms with Crippen molar-refractivity contribution in [2.45, 2.75) is 12.5 Å². The van der Waals surface area contributed by atoms with Gasteiger partial charge in [0, 0.05) is 36.9 Å². The van der Waals surface area contributed by atoms with Gasteiger partial charge in [-0.1, -0.05) is 6.07 Å². The Balaban J connectivity index is 2.14. The molecule has 0 aliphatic rings. The molecule has 2 rings (SSSR count). The topological polar surface area (TPSA) is 72.0 Å². The first-order valence-electron chi connectivity index (χ1n) is 5.03. The molecule has 0 saturated heterocycles. The second kappa shape index (κ2) is 4.72. The van der Waals surface area contributed by atoms with Crippen LogP contribution in [0.2, 0.25) is 0 Å². The number of aromatic nitrogens is 2. The molecule has 2 heterocycles. The van der Waals surface area contributed by atoms with Crippen molar-refractivity contribution in [1.82, 2.24) is 9.97 Å². The molecule has 0 saturated carbocycles. The molecule has 0 aliphatic carbocycles. The van der Waals surface area contributed by atoms with Crippen molar-refractivity contribution in [2.24, 2.45) is 0 Å². The molecule has 1 atom stereocenters. The molecule has 2 aromatic heterocycles. The second-order valence-electron chi connectivity index (χ2n) is 3.58. The molecule has 0 radical (unpaired) electrons. The maximum atomic E-state index is 9.98. The molecule has 16 heavy (non-hydrogen) atoms. The summed E-state index contributed by atoms with van der Waals surface area (Å²) in [6.07, 6.45) is 6.49. The van der Waals surface area contributed by atoms with Gasteiger partial charge in [0.15, 0.2) is 0 Å². The van der Waals surface area contributed by atoms with Gasteiger partial charge in [0.2, 0.25) is 0 Å². The molecular formula is C12H13N3O. The molecule has 0 bridgehead atoms. The van der Waals surface area contributed by atoms with Gasteiger partial charge < -0.3 is 10.8 Å². The fraction of sp³-hybridized carbons (Fsp3) is 0.167. The zero-order chi connectivity index (χ0) is 11.4. The Morgan fingerprint density at radius 1 is 1.19 bits per heavy atom. The zero-order valence-electron chi connectivity index (χ0n) is 8.74. The molecule has 4 heteroatoms. The van der Waals surface area contributed by atoms with E-state index in [2.05, 4.69) is 9.97 Å². The Bertz CT molecular complexity index is 459. The predicted molar refractivity (Wildman–Crippen MR) is 61.6 cm³/mol. The molecule has 1 unspecified atom stereocenters. The summed E-state index contributed by atoms with van der Waals surface area (Å²) in [5, 5.41) is 9.98. The van der Waals surface area contributed by atoms with Crippen LogP contribution in [-0.4, -0.2) is 15.1 Å². The van der Waals surface area contributed by atoms with Gasteiger partial charge in [0.05, 0.1) is 6.10 Å². The van der Waals surface area contributed by atoms with Crippen molar-refractivity contribution in [3.8, 4) is 0 Å². The lowest BCUT2D eigenvalue weighted by Crippen LogP contribution is -2.04. The second-order valence-corrected chi connectivity index (χ2v) is 3.58. The number of hydrogen-bond acceptors (Lipinski definition) is 4. The zero-order valence-corrected chi connectivity index (χ0v) is 8.74. The minimum absolute atomic E-state index is 0.450. The number of nitrogens with two attached hydrogens (primary N) is 1. The highest BCUT2D eigenvalue weighted by Crippen LogP contribution is 2.19. The fourth-order valence-electron chi connectivity index (χ4n) is 1.51. The van der Waals surface area contributed by atoms with Gasteiger partial charge in [-0.15, -0.1) is 0 Å². The van der Waals surface area contributed by atoms with Crippen LogP contribution in [0.3, 0.4) is 0 Å². The van der Waals surface area contributed by atoms with E-state index in [1.165, 1.54) is 0 Å². The van der Waals surface area contributed by atoms with Crippen molar-refractivity contribution >= 4 is 5.69 Å². The van der Waals surface area contributed by atoms with Crippen molar-refractivity contribution in [2.75, 3.05) is 5.73 Å². The molecule has 0 aromatic carbocycles. The highest BCUT2D eigenvalue weighted by molar-refractivity contribution is 5.44. The van der Waals surface area contributed by atoms with Crippen LogP contribution in [0.5, 0.6) is 0 Å². The number of nitrogen functional groups attached to an aromatic ring is 1. The molecular weight excluding hydrogens is 202 g/mol. The molecule has 4 nitrogen and oxygen atoms in total. The summed E-state index contributed by atoms with van der Waals surface area (Å²) < 4.78 is 0. The number of hydrogen-bond donors (Lipinski definition) is 2. The number of aliphatic hydroxyl groups is 1. The summed E-state index contributed by atoms with van der Waals surface area (Å²) in [4.78, 5) is 7.95. The van der Waals surface area contributed by atoms with Crippen LogP contribution in [0, 0.1) is 0 Å². The summed E-state index contributed by atoms with van der Waals surface area (Å²) in [6.45, 7) is 0. The number of anilines is 1. The van der Waals surface area contributed by atoms with E-state index < -0.39 is 6.10 Å². The van der Waals surface area contributed by atoms with E-state index in [-0.39, 0.29) is 0 Å². The van der Waals surface area contributed by atoms with Gasteiger partial charge in [0.1, 0.15) is 0 Å². The van der Waals surface area contributed by atoms with Crippen LogP contribution in [0.4, 0.5) is 5.69 Å². The van der Waals surface area contributed by atoms with Gasteiger partial charge in [-0.05, 0) is 23.3 Å². The van der Waals surface area contributed by atoms with E-state index in [4.69, 9.17) is 5.73 Å². The molecule has 0 aliphatic heterocycles. The molecule has 2 aromatic rings. The van der Waals surface area contributed by atoms with Crippen LogP contribution in [0.25, 0.3) is 0 Å². The number of rotatable bonds is 3. The van der Waals surface area contributed by atoms with E-state index in [1.54, 1.807) is 36.9 Å². The summed E-state index contributed by atoms with van der Waals surface area (Å²) in [7, 11) is 0. The Morgan fingerprint density at radius 3 is 2.69 bits per heavy atom. The van der Waals surface area contributed by atoms with E-state index in [0.717, 1.165) is 11.1 Å². The number of aliphatic hydroxyl groups excluding tert-OH is 1. The highest BCUT2D eigenvalue weighted by atomic mass is 16.3. The minimum atomic E-state index is -0.597. The lowest BCUT2D eigenvalue weighted by Gasteiger charge is -2.11. The first-order valence-corrected chi connectivity index (χ1v) is 5.03. The van der Waals surface area contributed by atoms with E-state index in [9.17, 15) is 5.11 Å². The Morgan fingerprint density at radius 2 is 2.00 bits per heavy atom. The van der Waals surface area contributed by atoms with Crippen molar-refractivity contribution in [1.29, 1.82) is 0 Å². The van der Waals surface area contributed by atoms with E-state index in [1.807, 2.05) is 6.07 Å². The molecule has 3 N–H and O–H groups in total. The average Bonchev–Trinajstić information content (AvgIpc) is 2.33. The lowest BCUT2D eigenvalue weighted by molar-refractivity contribution is 0.178. The summed E-state index contributed by atoms with van der Waals surface area (Å²) in [5.41, 5.74) is 8.06. The normalized spacial score (nSPS) is 12.3. The third-order valence-electron chi connectivity index (χ3n) is 2.42. The Kier molecular flexibility index (Phi) is 3.12. The highest BCUT2D eigenvalue weighted by Gasteiger charge is 2.10. The smallest absolute Gasteiger partial charge is 0.0846 e. The third kappa shape index (κ3) is 2.35. The summed E-state index contributed by atoms with van der Waals surface area (Å²) >= 11 is 0. The van der Waals surface area contributed by atoms with Crippen molar-refractivity contribution in [3.63, 3.8) is 0 Å². The fourth-order valence-corrected chi connectivity index (χ4v) is 1.51. The largest absolute Gasteiger partial charge is 0.398 e. The molecule has 0 amide bonds. The van der Waals surface area contributed by atoms with Crippen LogP contribution in [0.1, 0.15) is 17.2 Å². The van der Waals surface area contributed by atoms with Gasteiger partial charge in [0.25, 0.3) is 0 Å². The van der Waals surface area contributed by atoms with Crippen LogP contribution < -0.4 is 5.73 Å². The third-order valence-corrected chi connectivity index (χ3v) is 2.42.